The Morgan fingerprint density at radius 3 is 2.04 bits per heavy atom. The zero-order chi connectivity index (χ0) is 30.3. The second kappa shape index (κ2) is 11.2. The van der Waals surface area contributed by atoms with E-state index in [0.717, 1.165) is 33.6 Å². The van der Waals surface area contributed by atoms with E-state index in [9.17, 15) is 0 Å². The quantitative estimate of drug-likeness (QED) is 0.175. The van der Waals surface area contributed by atoms with Crippen molar-refractivity contribution in [3.05, 3.63) is 163 Å². The molecule has 0 spiro atoms. The maximum absolute atomic E-state index is 4.70. The molecule has 0 bridgehead atoms. The van der Waals surface area contributed by atoms with Crippen LogP contribution in [-0.4, -0.2) is 24.5 Å². The van der Waals surface area contributed by atoms with Crippen molar-refractivity contribution in [3.63, 3.8) is 0 Å². The number of nitrogens with zero attached hydrogens (tertiary/aromatic N) is 3. The van der Waals surface area contributed by atoms with Crippen molar-refractivity contribution < 1.29 is 0 Å². The molecule has 0 N–H and O–H groups in total. The molecule has 2 aromatic heterocycles. The molecule has 216 valence electrons. The monoisotopic (exact) mass is 597 g/mol. The molecular formula is C41H31N3S. The molecule has 0 unspecified atom stereocenters. The predicted octanol–water partition coefficient (Wildman–Crippen LogP) is 10.6. The Kier molecular flexibility index (Phi) is 6.77. The first-order valence-corrected chi connectivity index (χ1v) is 16.0. The lowest BCUT2D eigenvalue weighted by atomic mass is 10.0. The molecule has 0 radical (unpaired) electrons. The predicted molar refractivity (Wildman–Crippen MR) is 195 cm³/mol. The molecule has 3 nitrogen and oxygen atoms in total. The second-order valence-corrected chi connectivity index (χ2v) is 12.3. The Balaban J connectivity index is 1.33. The standard InChI is InChI=1S/C41H31N3S/c1-42-36(28-14-5-3-6-15-28)27-39(29-16-7-4-8-17-29)43(2)44-37-22-11-9-18-32(37)35-26-30(24-25-38(35)44)31-20-13-21-34-33-19-10-12-23-40(33)45-41(31)34/h3-27H,1-2H3/b39-27-,42-36?. The molecule has 0 fully saturated rings. The van der Waals surface area contributed by atoms with Crippen LogP contribution in [0.5, 0.6) is 0 Å². The van der Waals surface area contributed by atoms with E-state index < -0.39 is 0 Å². The summed E-state index contributed by atoms with van der Waals surface area (Å²) in [6, 6.07) is 52.0. The van der Waals surface area contributed by atoms with E-state index in [-0.39, 0.29) is 0 Å². The van der Waals surface area contributed by atoms with Gasteiger partial charge < -0.3 is 0 Å². The van der Waals surface area contributed by atoms with Crippen molar-refractivity contribution in [1.29, 1.82) is 0 Å². The van der Waals surface area contributed by atoms with Crippen LogP contribution in [0.4, 0.5) is 0 Å². The van der Waals surface area contributed by atoms with Crippen molar-refractivity contribution in [2.45, 2.75) is 0 Å². The van der Waals surface area contributed by atoms with Gasteiger partial charge >= 0.3 is 0 Å². The molecule has 6 aromatic carbocycles. The van der Waals surface area contributed by atoms with E-state index in [2.05, 4.69) is 162 Å². The lowest BCUT2D eigenvalue weighted by Gasteiger charge is -2.27. The molecule has 0 aliphatic heterocycles. The maximum atomic E-state index is 4.70. The van der Waals surface area contributed by atoms with Gasteiger partial charge in [0.2, 0.25) is 0 Å². The summed E-state index contributed by atoms with van der Waals surface area (Å²) in [6.45, 7) is 0. The average Bonchev–Trinajstić information content (AvgIpc) is 3.65. The summed E-state index contributed by atoms with van der Waals surface area (Å²) in [5.74, 6) is 0. The molecule has 45 heavy (non-hydrogen) atoms. The number of rotatable bonds is 6. The molecule has 4 heteroatoms. The van der Waals surface area contributed by atoms with Gasteiger partial charge in [-0.25, -0.2) is 0 Å². The lowest BCUT2D eigenvalue weighted by Crippen LogP contribution is -2.28. The summed E-state index contributed by atoms with van der Waals surface area (Å²) in [5.41, 5.74) is 9.01. The molecule has 8 aromatic rings. The average molecular weight is 598 g/mol. The maximum Gasteiger partial charge on any atom is 0.0712 e. The topological polar surface area (TPSA) is 20.5 Å². The van der Waals surface area contributed by atoms with Crippen molar-refractivity contribution in [2.24, 2.45) is 4.99 Å². The number of aromatic nitrogens is 1. The highest BCUT2D eigenvalue weighted by molar-refractivity contribution is 7.26. The molecule has 0 aliphatic carbocycles. The first-order valence-electron chi connectivity index (χ1n) is 15.2. The molecular weight excluding hydrogens is 567 g/mol. The third kappa shape index (κ3) is 4.62. The van der Waals surface area contributed by atoms with Gasteiger partial charge in [0.1, 0.15) is 0 Å². The van der Waals surface area contributed by atoms with Gasteiger partial charge in [-0.2, -0.15) is 0 Å². The number of fused-ring (bicyclic) bond motifs is 6. The van der Waals surface area contributed by atoms with Gasteiger partial charge in [0.05, 0.1) is 22.4 Å². The van der Waals surface area contributed by atoms with Crippen LogP contribution in [0.2, 0.25) is 0 Å². The Bertz CT molecular complexity index is 2390. The van der Waals surface area contributed by atoms with Crippen LogP contribution >= 0.6 is 11.3 Å². The smallest absolute Gasteiger partial charge is 0.0712 e. The van der Waals surface area contributed by atoms with Crippen molar-refractivity contribution in [1.82, 2.24) is 4.68 Å². The van der Waals surface area contributed by atoms with E-state index in [1.54, 1.807) is 0 Å². The molecule has 0 aliphatic rings. The second-order valence-electron chi connectivity index (χ2n) is 11.2. The zero-order valence-corrected chi connectivity index (χ0v) is 26.0. The number of hydrogen-bond acceptors (Lipinski definition) is 3. The lowest BCUT2D eigenvalue weighted by molar-refractivity contribution is 0.845. The van der Waals surface area contributed by atoms with Gasteiger partial charge in [0.15, 0.2) is 0 Å². The summed E-state index contributed by atoms with van der Waals surface area (Å²) >= 11 is 1.88. The molecule has 0 amide bonds. The van der Waals surface area contributed by atoms with Crippen LogP contribution in [0.25, 0.3) is 58.8 Å². The minimum Gasteiger partial charge on any atom is -0.288 e. The molecule has 0 atom stereocenters. The minimum atomic E-state index is 0.931. The van der Waals surface area contributed by atoms with Crippen LogP contribution in [-0.2, 0) is 0 Å². The molecule has 0 saturated heterocycles. The summed E-state index contributed by atoms with van der Waals surface area (Å²) in [4.78, 5) is 4.70. The van der Waals surface area contributed by atoms with Crippen LogP contribution in [0.1, 0.15) is 11.1 Å². The highest BCUT2D eigenvalue weighted by Gasteiger charge is 2.19. The number of benzene rings is 6. The number of aliphatic imine (C=N–C) groups is 1. The fourth-order valence-corrected chi connectivity index (χ4v) is 7.75. The third-order valence-electron chi connectivity index (χ3n) is 8.66. The van der Waals surface area contributed by atoms with E-state index >= 15 is 0 Å². The number of thiophene rings is 1. The molecule has 2 heterocycles. The van der Waals surface area contributed by atoms with Crippen LogP contribution in [0.15, 0.2) is 157 Å². The van der Waals surface area contributed by atoms with Gasteiger partial charge in [-0.05, 0) is 52.6 Å². The summed E-state index contributed by atoms with van der Waals surface area (Å²) in [7, 11) is 4.01. The Morgan fingerprint density at radius 2 is 1.27 bits per heavy atom. The van der Waals surface area contributed by atoms with Crippen LogP contribution in [0.3, 0.4) is 0 Å². The first-order chi connectivity index (χ1) is 22.2. The Hall–Kier alpha value is -5.45. The normalized spacial score (nSPS) is 12.5. The number of allylic oxidation sites excluding steroid dienone is 1. The third-order valence-corrected chi connectivity index (χ3v) is 9.88. The van der Waals surface area contributed by atoms with Crippen molar-refractivity contribution in [3.8, 4) is 11.1 Å². The summed E-state index contributed by atoms with van der Waals surface area (Å²) in [6.07, 6.45) is 2.20. The minimum absolute atomic E-state index is 0.931. The van der Waals surface area contributed by atoms with Crippen LogP contribution in [0, 0.1) is 0 Å². The fraction of sp³-hybridized carbons (Fsp3) is 0.0488. The number of para-hydroxylation sites is 1. The number of hydrogen-bond donors (Lipinski definition) is 0. The van der Waals surface area contributed by atoms with E-state index in [1.165, 1.54) is 42.1 Å². The SMILES string of the molecule is CN=C(/C=C(/c1ccccc1)N(C)n1c2ccccc2c2cc(-c3cccc4c3sc3ccccc34)ccc21)c1ccccc1. The van der Waals surface area contributed by atoms with Crippen LogP contribution < -0.4 is 5.01 Å². The van der Waals surface area contributed by atoms with E-state index in [0.29, 0.717) is 0 Å². The first kappa shape index (κ1) is 27.1. The molecule has 0 saturated carbocycles. The van der Waals surface area contributed by atoms with Crippen molar-refractivity contribution in [2.75, 3.05) is 19.1 Å². The van der Waals surface area contributed by atoms with Crippen molar-refractivity contribution >= 4 is 64.7 Å². The highest BCUT2D eigenvalue weighted by Crippen LogP contribution is 2.41. The van der Waals surface area contributed by atoms with E-state index in [4.69, 9.17) is 4.99 Å². The van der Waals surface area contributed by atoms with Gasteiger partial charge in [-0.1, -0.05) is 121 Å². The summed E-state index contributed by atoms with van der Waals surface area (Å²) < 4.78 is 5.00. The van der Waals surface area contributed by atoms with Gasteiger partial charge in [-0.3, -0.25) is 14.7 Å². The summed E-state index contributed by atoms with van der Waals surface area (Å²) in [5, 5.41) is 7.36. The Labute approximate surface area is 266 Å². The van der Waals surface area contributed by atoms with Gasteiger partial charge in [0, 0.05) is 45.0 Å². The zero-order valence-electron chi connectivity index (χ0n) is 25.2. The van der Waals surface area contributed by atoms with Gasteiger partial charge in [-0.15, -0.1) is 11.3 Å². The van der Waals surface area contributed by atoms with Gasteiger partial charge in [0.25, 0.3) is 0 Å². The molecule has 8 rings (SSSR count). The fourth-order valence-electron chi connectivity index (χ4n) is 6.51. The van der Waals surface area contributed by atoms with E-state index in [1.807, 2.05) is 24.5 Å². The highest BCUT2D eigenvalue weighted by atomic mass is 32.1. The largest absolute Gasteiger partial charge is 0.288 e. The Morgan fingerprint density at radius 1 is 0.622 bits per heavy atom.